The van der Waals surface area contributed by atoms with Crippen molar-refractivity contribution in [3.63, 3.8) is 0 Å². The van der Waals surface area contributed by atoms with Gasteiger partial charge < -0.3 is 5.32 Å². The lowest BCUT2D eigenvalue weighted by atomic mass is 10.0. The van der Waals surface area contributed by atoms with Crippen LogP contribution in [0.3, 0.4) is 0 Å². The molecule has 1 atom stereocenters. The number of nitrogens with one attached hydrogen (secondary N) is 1. The Morgan fingerprint density at radius 3 is 2.82 bits per heavy atom. The van der Waals surface area contributed by atoms with Crippen molar-refractivity contribution in [2.45, 2.75) is 19.9 Å². The number of aryl methyl sites for hydroxylation is 1. The van der Waals surface area contributed by atoms with E-state index in [0.717, 1.165) is 12.2 Å². The largest absolute Gasteiger partial charge is 0.305 e. The molecule has 3 heteroatoms. The van der Waals surface area contributed by atoms with E-state index < -0.39 is 0 Å². The fraction of sp³-hybridized carbons (Fsp3) is 0.286. The van der Waals surface area contributed by atoms with Crippen LogP contribution in [0.2, 0.25) is 0 Å². The van der Waals surface area contributed by atoms with Crippen LogP contribution in [0.1, 0.15) is 29.8 Å². The van der Waals surface area contributed by atoms with Crippen LogP contribution in [0.5, 0.6) is 0 Å². The van der Waals surface area contributed by atoms with Crippen LogP contribution < -0.4 is 5.32 Å². The van der Waals surface area contributed by atoms with E-state index in [9.17, 15) is 0 Å². The summed E-state index contributed by atoms with van der Waals surface area (Å²) >= 11 is 0. The number of benzene rings is 1. The molecule has 0 saturated carbocycles. The Hall–Kier alpha value is -1.74. The second-order valence-corrected chi connectivity index (χ2v) is 4.04. The van der Waals surface area contributed by atoms with Crippen molar-refractivity contribution in [3.05, 3.63) is 59.7 Å². The maximum absolute atomic E-state index is 4.33. The van der Waals surface area contributed by atoms with Crippen LogP contribution in [0.15, 0.2) is 42.9 Å². The first kappa shape index (κ1) is 11.7. The first-order chi connectivity index (χ1) is 8.31. The third-order valence-electron chi connectivity index (χ3n) is 2.68. The van der Waals surface area contributed by atoms with Crippen molar-refractivity contribution in [1.82, 2.24) is 15.3 Å². The van der Waals surface area contributed by atoms with Crippen molar-refractivity contribution in [2.24, 2.45) is 0 Å². The summed E-state index contributed by atoms with van der Waals surface area (Å²) in [5, 5.41) is 3.45. The Balaban J connectivity index is 2.35. The summed E-state index contributed by atoms with van der Waals surface area (Å²) < 4.78 is 0. The molecule has 0 bridgehead atoms. The monoisotopic (exact) mass is 227 g/mol. The molecule has 1 unspecified atom stereocenters. The van der Waals surface area contributed by atoms with Crippen molar-refractivity contribution in [2.75, 3.05) is 6.54 Å². The summed E-state index contributed by atoms with van der Waals surface area (Å²) in [5.74, 6) is 0. The highest BCUT2D eigenvalue weighted by Crippen LogP contribution is 2.20. The second kappa shape index (κ2) is 5.55. The standard InChI is InChI=1S/C14H17N3/c1-3-16-14(13-7-8-15-10-17-13)12-6-4-5-11(2)9-12/h4-10,14,16H,3H2,1-2H3. The third-order valence-corrected chi connectivity index (χ3v) is 2.68. The minimum atomic E-state index is 0.142. The van der Waals surface area contributed by atoms with Gasteiger partial charge in [0.05, 0.1) is 11.7 Å². The highest BCUT2D eigenvalue weighted by Gasteiger charge is 2.13. The minimum absolute atomic E-state index is 0.142. The van der Waals surface area contributed by atoms with E-state index in [0.29, 0.717) is 0 Å². The Bertz CT molecular complexity index is 468. The zero-order chi connectivity index (χ0) is 12.1. The highest BCUT2D eigenvalue weighted by atomic mass is 14.9. The van der Waals surface area contributed by atoms with Gasteiger partial charge in [-0.2, -0.15) is 0 Å². The lowest BCUT2D eigenvalue weighted by Gasteiger charge is -2.18. The lowest BCUT2D eigenvalue weighted by Crippen LogP contribution is -2.23. The number of rotatable bonds is 4. The summed E-state index contributed by atoms with van der Waals surface area (Å²) in [7, 11) is 0. The van der Waals surface area contributed by atoms with Gasteiger partial charge in [-0.1, -0.05) is 36.8 Å². The first-order valence-electron chi connectivity index (χ1n) is 5.87. The molecule has 0 aliphatic rings. The predicted molar refractivity (Wildman–Crippen MR) is 68.7 cm³/mol. The molecule has 1 heterocycles. The molecule has 0 aliphatic carbocycles. The van der Waals surface area contributed by atoms with Gasteiger partial charge in [0, 0.05) is 6.20 Å². The Labute approximate surface area is 102 Å². The van der Waals surface area contributed by atoms with E-state index in [1.807, 2.05) is 6.07 Å². The van der Waals surface area contributed by atoms with Gasteiger partial charge in [0.15, 0.2) is 0 Å². The van der Waals surface area contributed by atoms with Crippen LogP contribution in [0, 0.1) is 6.92 Å². The zero-order valence-corrected chi connectivity index (χ0v) is 10.2. The summed E-state index contributed by atoms with van der Waals surface area (Å²) in [4.78, 5) is 8.29. The molecule has 0 saturated heterocycles. The lowest BCUT2D eigenvalue weighted by molar-refractivity contribution is 0.613. The number of hydrogen-bond donors (Lipinski definition) is 1. The molecule has 2 rings (SSSR count). The fourth-order valence-electron chi connectivity index (χ4n) is 1.92. The number of nitrogens with zero attached hydrogens (tertiary/aromatic N) is 2. The molecule has 1 aromatic heterocycles. The second-order valence-electron chi connectivity index (χ2n) is 4.04. The topological polar surface area (TPSA) is 37.8 Å². The Morgan fingerprint density at radius 2 is 2.18 bits per heavy atom. The van der Waals surface area contributed by atoms with Gasteiger partial charge in [0.2, 0.25) is 0 Å². The summed E-state index contributed by atoms with van der Waals surface area (Å²) in [6.45, 7) is 5.11. The van der Waals surface area contributed by atoms with Gasteiger partial charge in [-0.25, -0.2) is 9.97 Å². The average Bonchev–Trinajstić information content (AvgIpc) is 2.37. The van der Waals surface area contributed by atoms with Crippen molar-refractivity contribution >= 4 is 0 Å². The average molecular weight is 227 g/mol. The van der Waals surface area contributed by atoms with Gasteiger partial charge in [0.25, 0.3) is 0 Å². The van der Waals surface area contributed by atoms with Crippen LogP contribution in [-0.4, -0.2) is 16.5 Å². The van der Waals surface area contributed by atoms with Gasteiger partial charge in [-0.05, 0) is 25.1 Å². The molecular weight excluding hydrogens is 210 g/mol. The van der Waals surface area contributed by atoms with Gasteiger partial charge in [-0.3, -0.25) is 0 Å². The van der Waals surface area contributed by atoms with Crippen molar-refractivity contribution < 1.29 is 0 Å². The molecule has 1 N–H and O–H groups in total. The SMILES string of the molecule is CCNC(c1cccc(C)c1)c1ccncn1. The molecule has 0 radical (unpaired) electrons. The minimum Gasteiger partial charge on any atom is -0.305 e. The maximum Gasteiger partial charge on any atom is 0.115 e. The third kappa shape index (κ3) is 2.88. The molecule has 0 amide bonds. The molecule has 0 aliphatic heterocycles. The van der Waals surface area contributed by atoms with E-state index in [2.05, 4.69) is 53.4 Å². The molecule has 17 heavy (non-hydrogen) atoms. The predicted octanol–water partition coefficient (Wildman–Crippen LogP) is 2.48. The van der Waals surface area contributed by atoms with E-state index >= 15 is 0 Å². The molecule has 2 aromatic rings. The van der Waals surface area contributed by atoms with Gasteiger partial charge >= 0.3 is 0 Å². The maximum atomic E-state index is 4.33. The highest BCUT2D eigenvalue weighted by molar-refractivity contribution is 5.30. The smallest absolute Gasteiger partial charge is 0.115 e. The van der Waals surface area contributed by atoms with Gasteiger partial charge in [-0.15, -0.1) is 0 Å². The molecular formula is C14H17N3. The van der Waals surface area contributed by atoms with E-state index in [1.165, 1.54) is 11.1 Å². The first-order valence-corrected chi connectivity index (χ1v) is 5.87. The summed E-state index contributed by atoms with van der Waals surface area (Å²) in [6.07, 6.45) is 3.37. The molecule has 3 nitrogen and oxygen atoms in total. The van der Waals surface area contributed by atoms with Gasteiger partial charge in [0.1, 0.15) is 6.33 Å². The van der Waals surface area contributed by atoms with E-state index in [4.69, 9.17) is 0 Å². The fourth-order valence-corrected chi connectivity index (χ4v) is 1.92. The van der Waals surface area contributed by atoms with Crippen LogP contribution in [-0.2, 0) is 0 Å². The van der Waals surface area contributed by atoms with E-state index in [1.54, 1.807) is 12.5 Å². The normalized spacial score (nSPS) is 12.4. The van der Waals surface area contributed by atoms with Crippen LogP contribution >= 0.6 is 0 Å². The molecule has 0 spiro atoms. The Kier molecular flexibility index (Phi) is 3.83. The van der Waals surface area contributed by atoms with Crippen LogP contribution in [0.4, 0.5) is 0 Å². The van der Waals surface area contributed by atoms with E-state index in [-0.39, 0.29) is 6.04 Å². The van der Waals surface area contributed by atoms with Crippen molar-refractivity contribution in [3.8, 4) is 0 Å². The summed E-state index contributed by atoms with van der Waals surface area (Å²) in [5.41, 5.74) is 3.51. The van der Waals surface area contributed by atoms with Crippen molar-refractivity contribution in [1.29, 1.82) is 0 Å². The molecule has 0 fully saturated rings. The van der Waals surface area contributed by atoms with Crippen LogP contribution in [0.25, 0.3) is 0 Å². The number of aromatic nitrogens is 2. The number of hydrogen-bond acceptors (Lipinski definition) is 3. The quantitative estimate of drug-likeness (QED) is 0.872. The molecule has 1 aromatic carbocycles. The zero-order valence-electron chi connectivity index (χ0n) is 10.2. The Morgan fingerprint density at radius 1 is 1.29 bits per heavy atom. The summed E-state index contributed by atoms with van der Waals surface area (Å²) in [6, 6.07) is 10.6. The molecule has 88 valence electrons.